The molecule has 100 valence electrons. The van der Waals surface area contributed by atoms with Crippen LogP contribution in [0.4, 0.5) is 0 Å². The molecule has 0 amide bonds. The Morgan fingerprint density at radius 3 is 2.33 bits per heavy atom. The first-order valence-electron chi connectivity index (χ1n) is 6.75. The fraction of sp³-hybridized carbons (Fsp3) is 0.600. The van der Waals surface area contributed by atoms with E-state index in [4.69, 9.17) is 11.6 Å². The summed E-state index contributed by atoms with van der Waals surface area (Å²) >= 11 is 5.89. The second-order valence-corrected chi connectivity index (χ2v) is 5.85. The maximum absolute atomic E-state index is 9.51. The molecule has 0 unspecified atom stereocenters. The van der Waals surface area contributed by atoms with Gasteiger partial charge in [0.25, 0.3) is 0 Å². The van der Waals surface area contributed by atoms with E-state index in [1.807, 2.05) is 12.1 Å². The highest BCUT2D eigenvalue weighted by Crippen LogP contribution is 2.34. The third kappa shape index (κ3) is 3.25. The molecule has 0 spiro atoms. The van der Waals surface area contributed by atoms with Crippen molar-refractivity contribution in [3.05, 3.63) is 34.9 Å². The van der Waals surface area contributed by atoms with Crippen LogP contribution in [-0.2, 0) is 6.54 Å². The number of likely N-dealkylation sites (tertiary alicyclic amines) is 1. The monoisotopic (exact) mass is 267 g/mol. The fourth-order valence-corrected chi connectivity index (χ4v) is 2.78. The predicted octanol–water partition coefficient (Wildman–Crippen LogP) is 3.32. The molecule has 0 radical (unpaired) electrons. The lowest BCUT2D eigenvalue weighted by molar-refractivity contribution is 0.0382. The van der Waals surface area contributed by atoms with Crippen LogP contribution in [0.25, 0.3) is 0 Å². The molecule has 3 heteroatoms. The van der Waals surface area contributed by atoms with E-state index < -0.39 is 0 Å². The van der Waals surface area contributed by atoms with Gasteiger partial charge in [0.1, 0.15) is 0 Å². The molecule has 0 saturated carbocycles. The maximum atomic E-state index is 9.51. The molecule has 0 atom stereocenters. The number of aliphatic hydroxyl groups excluding tert-OH is 1. The lowest BCUT2D eigenvalue weighted by Crippen LogP contribution is -2.41. The summed E-state index contributed by atoms with van der Waals surface area (Å²) < 4.78 is 0. The summed E-state index contributed by atoms with van der Waals surface area (Å²) in [6.07, 6.45) is 3.29. The smallest absolute Gasteiger partial charge is 0.0488 e. The molecule has 0 aliphatic carbocycles. The first-order chi connectivity index (χ1) is 8.67. The van der Waals surface area contributed by atoms with Crippen molar-refractivity contribution in [1.82, 2.24) is 4.90 Å². The van der Waals surface area contributed by atoms with Crippen molar-refractivity contribution in [2.75, 3.05) is 19.7 Å². The van der Waals surface area contributed by atoms with Crippen LogP contribution in [0, 0.1) is 5.41 Å². The van der Waals surface area contributed by atoms with Crippen LogP contribution < -0.4 is 0 Å². The van der Waals surface area contributed by atoms with Crippen LogP contribution in [-0.4, -0.2) is 29.7 Å². The SMILES string of the molecule is CCC1(CO)CCN(Cc2ccc(Cl)cc2)CC1. The minimum absolute atomic E-state index is 0.177. The van der Waals surface area contributed by atoms with E-state index in [9.17, 15) is 5.11 Å². The molecular formula is C15H22ClNO. The number of benzene rings is 1. The standard InChI is InChI=1S/C15H22ClNO/c1-2-15(12-18)7-9-17(10-8-15)11-13-3-5-14(16)6-4-13/h3-6,18H,2,7-12H2,1H3. The zero-order valence-electron chi connectivity index (χ0n) is 11.0. The van der Waals surface area contributed by atoms with Gasteiger partial charge in [0, 0.05) is 18.2 Å². The van der Waals surface area contributed by atoms with Crippen LogP contribution >= 0.6 is 11.6 Å². The number of hydrogen-bond donors (Lipinski definition) is 1. The first kappa shape index (κ1) is 13.9. The average Bonchev–Trinajstić information content (AvgIpc) is 2.43. The van der Waals surface area contributed by atoms with Crippen molar-refractivity contribution in [3.63, 3.8) is 0 Å². The highest BCUT2D eigenvalue weighted by atomic mass is 35.5. The van der Waals surface area contributed by atoms with E-state index in [-0.39, 0.29) is 5.41 Å². The van der Waals surface area contributed by atoms with Crippen molar-refractivity contribution in [3.8, 4) is 0 Å². The zero-order valence-corrected chi connectivity index (χ0v) is 11.8. The molecular weight excluding hydrogens is 246 g/mol. The van der Waals surface area contributed by atoms with Crippen molar-refractivity contribution in [2.24, 2.45) is 5.41 Å². The Bertz CT molecular complexity index is 363. The molecule has 0 bridgehead atoms. The van der Waals surface area contributed by atoms with E-state index in [0.717, 1.165) is 43.9 Å². The highest BCUT2D eigenvalue weighted by Gasteiger charge is 2.32. The minimum atomic E-state index is 0.177. The lowest BCUT2D eigenvalue weighted by Gasteiger charge is -2.40. The Kier molecular flexibility index (Phi) is 4.66. The molecule has 0 aromatic heterocycles. The van der Waals surface area contributed by atoms with E-state index in [2.05, 4.69) is 24.0 Å². The van der Waals surface area contributed by atoms with Crippen LogP contribution in [0.3, 0.4) is 0 Å². The van der Waals surface area contributed by atoms with Crippen molar-refractivity contribution >= 4 is 11.6 Å². The predicted molar refractivity (Wildman–Crippen MR) is 75.8 cm³/mol. The number of nitrogens with zero attached hydrogens (tertiary/aromatic N) is 1. The Hall–Kier alpha value is -0.570. The van der Waals surface area contributed by atoms with Crippen molar-refractivity contribution < 1.29 is 5.11 Å². The van der Waals surface area contributed by atoms with Crippen LogP contribution in [0.2, 0.25) is 5.02 Å². The van der Waals surface area contributed by atoms with Crippen molar-refractivity contribution in [1.29, 1.82) is 0 Å². The topological polar surface area (TPSA) is 23.5 Å². The third-order valence-electron chi connectivity index (χ3n) is 4.32. The Morgan fingerprint density at radius 2 is 1.83 bits per heavy atom. The summed E-state index contributed by atoms with van der Waals surface area (Å²) in [7, 11) is 0. The fourth-order valence-electron chi connectivity index (χ4n) is 2.66. The zero-order chi connectivity index (χ0) is 13.0. The Morgan fingerprint density at radius 1 is 1.22 bits per heavy atom. The molecule has 1 aromatic rings. The summed E-state index contributed by atoms with van der Waals surface area (Å²) in [5.41, 5.74) is 1.49. The Balaban J connectivity index is 1.88. The second-order valence-electron chi connectivity index (χ2n) is 5.41. The molecule has 1 aliphatic heterocycles. The molecule has 2 rings (SSSR count). The number of aliphatic hydroxyl groups is 1. The van der Waals surface area contributed by atoms with E-state index in [1.54, 1.807) is 0 Å². The molecule has 1 aliphatic rings. The van der Waals surface area contributed by atoms with E-state index in [1.165, 1.54) is 5.56 Å². The summed E-state index contributed by atoms with van der Waals surface area (Å²) in [6, 6.07) is 8.09. The van der Waals surface area contributed by atoms with E-state index in [0.29, 0.717) is 6.61 Å². The first-order valence-corrected chi connectivity index (χ1v) is 7.13. The summed E-state index contributed by atoms with van der Waals surface area (Å²) in [5.74, 6) is 0. The van der Waals surface area contributed by atoms with Gasteiger partial charge in [0.15, 0.2) is 0 Å². The maximum Gasteiger partial charge on any atom is 0.0488 e. The second kappa shape index (κ2) is 6.05. The summed E-state index contributed by atoms with van der Waals surface area (Å²) in [4.78, 5) is 2.47. The largest absolute Gasteiger partial charge is 0.396 e. The number of rotatable bonds is 4. The van der Waals surface area contributed by atoms with Gasteiger partial charge in [0.2, 0.25) is 0 Å². The van der Waals surface area contributed by atoms with Gasteiger partial charge in [-0.3, -0.25) is 4.90 Å². The molecule has 1 fully saturated rings. The van der Waals surface area contributed by atoms with Gasteiger partial charge in [-0.15, -0.1) is 0 Å². The Labute approximate surface area is 115 Å². The van der Waals surface area contributed by atoms with Crippen molar-refractivity contribution in [2.45, 2.75) is 32.7 Å². The van der Waals surface area contributed by atoms with Gasteiger partial charge in [-0.2, -0.15) is 0 Å². The van der Waals surface area contributed by atoms with Gasteiger partial charge < -0.3 is 5.11 Å². The van der Waals surface area contributed by atoms with Gasteiger partial charge in [-0.25, -0.2) is 0 Å². The molecule has 1 N–H and O–H groups in total. The molecule has 2 nitrogen and oxygen atoms in total. The van der Waals surface area contributed by atoms with Gasteiger partial charge in [-0.1, -0.05) is 30.7 Å². The van der Waals surface area contributed by atoms with Crippen LogP contribution in [0.15, 0.2) is 24.3 Å². The van der Waals surface area contributed by atoms with Gasteiger partial charge in [-0.05, 0) is 55.5 Å². The molecule has 1 saturated heterocycles. The van der Waals surface area contributed by atoms with Gasteiger partial charge >= 0.3 is 0 Å². The lowest BCUT2D eigenvalue weighted by atomic mass is 9.77. The molecule has 1 heterocycles. The molecule has 1 aromatic carbocycles. The number of hydrogen-bond acceptors (Lipinski definition) is 2. The van der Waals surface area contributed by atoms with Crippen LogP contribution in [0.5, 0.6) is 0 Å². The van der Waals surface area contributed by atoms with Crippen LogP contribution in [0.1, 0.15) is 31.7 Å². The summed E-state index contributed by atoms with van der Waals surface area (Å²) in [5, 5.41) is 10.3. The number of halogens is 1. The number of piperidine rings is 1. The quantitative estimate of drug-likeness (QED) is 0.905. The third-order valence-corrected chi connectivity index (χ3v) is 4.57. The normalized spacial score (nSPS) is 19.9. The summed E-state index contributed by atoms with van der Waals surface area (Å²) in [6.45, 7) is 5.67. The minimum Gasteiger partial charge on any atom is -0.396 e. The molecule has 18 heavy (non-hydrogen) atoms. The highest BCUT2D eigenvalue weighted by molar-refractivity contribution is 6.30. The van der Waals surface area contributed by atoms with Gasteiger partial charge in [0.05, 0.1) is 0 Å². The van der Waals surface area contributed by atoms with E-state index >= 15 is 0 Å². The average molecular weight is 268 g/mol.